The lowest BCUT2D eigenvalue weighted by atomic mass is 9.85. The van der Waals surface area contributed by atoms with Gasteiger partial charge in [0.1, 0.15) is 54.9 Å². The summed E-state index contributed by atoms with van der Waals surface area (Å²) in [4.78, 5) is 30.0. The van der Waals surface area contributed by atoms with E-state index in [1.807, 2.05) is 212 Å². The van der Waals surface area contributed by atoms with E-state index in [9.17, 15) is 4.79 Å². The molecular weight excluding hydrogens is 1020 g/mol. The lowest BCUT2D eigenvalue weighted by Gasteiger charge is -2.49. The Kier molecular flexibility index (Phi) is 20.7. The maximum absolute atomic E-state index is 15.2. The van der Waals surface area contributed by atoms with Crippen molar-refractivity contribution in [3.63, 3.8) is 0 Å². The summed E-state index contributed by atoms with van der Waals surface area (Å²) < 4.78 is 68.5. The Labute approximate surface area is 474 Å². The fourth-order valence-electron chi connectivity index (χ4n) is 10.5. The van der Waals surface area contributed by atoms with Gasteiger partial charge in [-0.05, 0) is 45.9 Å². The van der Waals surface area contributed by atoms with E-state index in [2.05, 4.69) is 10.6 Å². The molecule has 2 fully saturated rings. The van der Waals surface area contributed by atoms with E-state index in [4.69, 9.17) is 47.4 Å². The molecule has 7 aromatic carbocycles. The molecule has 14 nitrogen and oxygen atoms in total. The molecule has 0 aromatic heterocycles. The molecule has 0 spiro atoms. The number of hydrogen-bond donors (Lipinski definition) is 2. The summed E-state index contributed by atoms with van der Waals surface area (Å²) in [5, 5.41) is 6.15. The Morgan fingerprint density at radius 2 is 0.753 bits per heavy atom. The molecule has 3 heterocycles. The van der Waals surface area contributed by atoms with E-state index in [0.29, 0.717) is 6.61 Å². The zero-order valence-corrected chi connectivity index (χ0v) is 45.5. The van der Waals surface area contributed by atoms with Crippen LogP contribution in [0.15, 0.2) is 224 Å². The molecular formula is C67H70N2O12. The van der Waals surface area contributed by atoms with Crippen LogP contribution < -0.4 is 10.6 Å². The van der Waals surface area contributed by atoms with Gasteiger partial charge in [-0.2, -0.15) is 0 Å². The molecule has 3 aliphatic rings. The molecule has 2 amide bonds. The standard InChI is InChI=1S/C67H70N2O12/c1-2-74-66(70)56-57(61-63(77-42-51-32-18-7-19-33-51)59(75-40-49-28-14-5-15-29-49)54(80-61)45-72-38-47-24-10-3-11-25-47)68-67(71)69-58(56)62-65(79-44-53-36-22-9-23-37-53)64(78-43-52-34-20-8-21-35-52)60(76-41-50-30-16-6-17-31-50)55(81-62)46-73-39-48-26-12-4-13-27-48/h3-37,54-55,58-65H,2,38-46H2,1H3,(H2,68,69,71)/t54-,55-,58-,59-,60+,61+,62+,63-,64+,65+/m1/s1. The van der Waals surface area contributed by atoms with Crippen molar-refractivity contribution in [3.05, 3.63) is 263 Å². The number of ether oxygens (including phenoxy) is 10. The number of amides is 2. The first-order valence-corrected chi connectivity index (χ1v) is 27.8. The van der Waals surface area contributed by atoms with Crippen LogP contribution in [-0.4, -0.2) is 92.8 Å². The van der Waals surface area contributed by atoms with Crippen molar-refractivity contribution >= 4 is 12.0 Å². The van der Waals surface area contributed by atoms with Crippen molar-refractivity contribution in [1.82, 2.24) is 10.6 Å². The first-order valence-electron chi connectivity index (χ1n) is 27.8. The second-order valence-electron chi connectivity index (χ2n) is 20.2. The molecule has 2 saturated heterocycles. The van der Waals surface area contributed by atoms with E-state index in [0.717, 1.165) is 38.9 Å². The zero-order valence-electron chi connectivity index (χ0n) is 45.5. The summed E-state index contributed by atoms with van der Waals surface area (Å²) in [6.45, 7) is 3.32. The molecule has 10 atom stereocenters. The summed E-state index contributed by atoms with van der Waals surface area (Å²) in [5.74, 6) is -0.715. The molecule has 0 radical (unpaired) electrons. The Balaban J connectivity index is 1.08. The molecule has 7 aromatic rings. The Morgan fingerprint density at radius 1 is 0.420 bits per heavy atom. The van der Waals surface area contributed by atoms with Gasteiger partial charge in [-0.15, -0.1) is 0 Å². The van der Waals surface area contributed by atoms with Gasteiger partial charge in [0.15, 0.2) is 0 Å². The van der Waals surface area contributed by atoms with Crippen LogP contribution in [0.5, 0.6) is 0 Å². The third-order valence-electron chi connectivity index (χ3n) is 14.4. The van der Waals surface area contributed by atoms with E-state index in [1.54, 1.807) is 6.92 Å². The van der Waals surface area contributed by atoms with Gasteiger partial charge < -0.3 is 58.0 Å². The van der Waals surface area contributed by atoms with Gasteiger partial charge in [0, 0.05) is 0 Å². The van der Waals surface area contributed by atoms with Crippen molar-refractivity contribution < 1.29 is 57.0 Å². The molecule has 0 unspecified atom stereocenters. The van der Waals surface area contributed by atoms with Crippen molar-refractivity contribution in [2.75, 3.05) is 19.8 Å². The maximum Gasteiger partial charge on any atom is 0.338 e. The summed E-state index contributed by atoms with van der Waals surface area (Å²) in [6.07, 6.45) is -8.22. The minimum absolute atomic E-state index is 0.0160. The van der Waals surface area contributed by atoms with Crippen LogP contribution in [0.4, 0.5) is 4.79 Å². The molecule has 420 valence electrons. The topological polar surface area (TPSA) is 150 Å². The van der Waals surface area contributed by atoms with Crippen LogP contribution in [0.25, 0.3) is 0 Å². The lowest BCUT2D eigenvalue weighted by Crippen LogP contribution is -2.68. The summed E-state index contributed by atoms with van der Waals surface area (Å²) in [6, 6.07) is 67.0. The van der Waals surface area contributed by atoms with Crippen LogP contribution in [0.3, 0.4) is 0 Å². The fourth-order valence-corrected chi connectivity index (χ4v) is 10.5. The van der Waals surface area contributed by atoms with Crippen molar-refractivity contribution in [2.24, 2.45) is 0 Å². The number of rotatable bonds is 27. The first kappa shape index (κ1) is 56.9. The number of urea groups is 1. The third kappa shape index (κ3) is 15.6. The maximum atomic E-state index is 15.2. The van der Waals surface area contributed by atoms with Crippen molar-refractivity contribution in [3.8, 4) is 0 Å². The van der Waals surface area contributed by atoms with Gasteiger partial charge in [0.05, 0.1) is 83.4 Å². The van der Waals surface area contributed by atoms with Crippen LogP contribution >= 0.6 is 0 Å². The molecule has 0 aliphatic carbocycles. The van der Waals surface area contributed by atoms with Crippen LogP contribution in [0.2, 0.25) is 0 Å². The quantitative estimate of drug-likeness (QED) is 0.0472. The predicted octanol–water partition coefficient (Wildman–Crippen LogP) is 10.4. The largest absolute Gasteiger partial charge is 0.463 e. The summed E-state index contributed by atoms with van der Waals surface area (Å²) in [7, 11) is 0. The van der Waals surface area contributed by atoms with E-state index in [1.165, 1.54) is 0 Å². The first-order chi connectivity index (χ1) is 40.0. The second-order valence-corrected chi connectivity index (χ2v) is 20.2. The van der Waals surface area contributed by atoms with Crippen LogP contribution in [0, 0.1) is 0 Å². The van der Waals surface area contributed by atoms with Gasteiger partial charge in [0.2, 0.25) is 0 Å². The fraction of sp³-hybridized carbons (Fsp3) is 0.313. The Hall–Kier alpha value is -7.34. The Bertz CT molecular complexity index is 3020. The van der Waals surface area contributed by atoms with E-state index >= 15 is 4.79 Å². The monoisotopic (exact) mass is 1090 g/mol. The minimum Gasteiger partial charge on any atom is -0.463 e. The smallest absolute Gasteiger partial charge is 0.338 e. The van der Waals surface area contributed by atoms with Gasteiger partial charge in [-0.3, -0.25) is 0 Å². The number of benzene rings is 7. The normalized spacial score (nSPS) is 23.6. The van der Waals surface area contributed by atoms with Crippen molar-refractivity contribution in [1.29, 1.82) is 0 Å². The van der Waals surface area contributed by atoms with E-state index in [-0.39, 0.29) is 70.7 Å². The lowest BCUT2D eigenvalue weighted by molar-refractivity contribution is -0.275. The highest BCUT2D eigenvalue weighted by atomic mass is 16.6. The molecule has 14 heteroatoms. The number of carbonyl (C=O) groups excluding carboxylic acids is 2. The van der Waals surface area contributed by atoms with Gasteiger partial charge in [-0.1, -0.05) is 212 Å². The average molecular weight is 1100 g/mol. The van der Waals surface area contributed by atoms with Crippen molar-refractivity contribution in [2.45, 2.75) is 114 Å². The van der Waals surface area contributed by atoms with Crippen LogP contribution in [-0.2, 0) is 98.4 Å². The molecule has 81 heavy (non-hydrogen) atoms. The average Bonchev–Trinajstić information content (AvgIpc) is 3.92. The Morgan fingerprint density at radius 3 is 1.15 bits per heavy atom. The molecule has 10 rings (SSSR count). The zero-order chi connectivity index (χ0) is 55.4. The molecule has 0 bridgehead atoms. The third-order valence-corrected chi connectivity index (χ3v) is 14.4. The van der Waals surface area contributed by atoms with Gasteiger partial charge in [0.25, 0.3) is 0 Å². The predicted molar refractivity (Wildman–Crippen MR) is 304 cm³/mol. The highest BCUT2D eigenvalue weighted by Gasteiger charge is 2.56. The molecule has 2 N–H and O–H groups in total. The highest BCUT2D eigenvalue weighted by molar-refractivity contribution is 5.95. The molecule has 0 saturated carbocycles. The number of nitrogens with one attached hydrogen (secondary N) is 2. The summed E-state index contributed by atoms with van der Waals surface area (Å²) >= 11 is 0. The SMILES string of the molecule is CCOC(=O)C1=C([C@@H]2O[C@H](COCc3ccccc3)[C@@H](OCc3ccccc3)[C@H]2OCc2ccccc2)NC(=O)N[C@H]1[C@@H]1O[C@H](COCc2ccccc2)[C@H](OCc2ccccc2)[C@H](OCc2ccccc2)[C@H]1OCc1ccccc1. The van der Waals surface area contributed by atoms with Gasteiger partial charge in [-0.25, -0.2) is 9.59 Å². The van der Waals surface area contributed by atoms with E-state index < -0.39 is 73.0 Å². The summed E-state index contributed by atoms with van der Waals surface area (Å²) in [5.41, 5.74) is 6.68. The number of hydrogen-bond acceptors (Lipinski definition) is 12. The number of esters is 1. The highest BCUT2D eigenvalue weighted by Crippen LogP contribution is 2.39. The van der Waals surface area contributed by atoms with Gasteiger partial charge >= 0.3 is 12.0 Å². The number of carbonyl (C=O) groups is 2. The van der Waals surface area contributed by atoms with Crippen LogP contribution in [0.1, 0.15) is 45.9 Å². The minimum atomic E-state index is -1.24. The molecule has 3 aliphatic heterocycles. The second kappa shape index (κ2) is 29.4.